The van der Waals surface area contributed by atoms with Gasteiger partial charge in [0, 0.05) is 18.7 Å². The number of benzene rings is 6. The van der Waals surface area contributed by atoms with Crippen molar-refractivity contribution in [2.24, 2.45) is 0 Å². The Morgan fingerprint density at radius 2 is 0.744 bits per heavy atom. The lowest BCUT2D eigenvalue weighted by atomic mass is 9.96. The van der Waals surface area contributed by atoms with E-state index in [0.717, 1.165) is 0 Å². The summed E-state index contributed by atoms with van der Waals surface area (Å²) in [7, 11) is 0.294. The molecule has 0 aliphatic heterocycles. The van der Waals surface area contributed by atoms with Crippen molar-refractivity contribution in [3.05, 3.63) is 193 Å². The quantitative estimate of drug-likeness (QED) is 0.139. The molecule has 4 heteroatoms. The molecule has 0 spiro atoms. The predicted molar refractivity (Wildman–Crippen MR) is 185 cm³/mol. The maximum Gasteiger partial charge on any atom is 0.108 e. The fourth-order valence-electron chi connectivity index (χ4n) is 5.47. The van der Waals surface area contributed by atoms with Crippen LogP contribution in [0.25, 0.3) is 0 Å². The summed E-state index contributed by atoms with van der Waals surface area (Å²) in [5.41, 5.74) is 2.40. The van der Waals surface area contributed by atoms with Crippen LogP contribution < -0.4 is 21.2 Å². The van der Waals surface area contributed by atoms with E-state index >= 15 is 0 Å². The molecule has 0 N–H and O–H groups in total. The van der Waals surface area contributed by atoms with Crippen LogP contribution in [0.15, 0.2) is 182 Å². The minimum absolute atomic E-state index is 0.0625. The van der Waals surface area contributed by atoms with E-state index in [1.54, 1.807) is 0 Å². The van der Waals surface area contributed by atoms with E-state index < -0.39 is 16.2 Å². The Kier molecular flexibility index (Phi) is 9.85. The summed E-state index contributed by atoms with van der Waals surface area (Å²) in [6.07, 6.45) is -0.238. The summed E-state index contributed by atoms with van der Waals surface area (Å²) < 4.78 is 10.1. The molecule has 2 nitrogen and oxygen atoms in total. The molecule has 0 saturated heterocycles. The summed E-state index contributed by atoms with van der Waals surface area (Å²) in [6, 6.07) is 64.8. The van der Waals surface area contributed by atoms with Gasteiger partial charge in [-0.25, -0.2) is 0 Å². The molecule has 6 aromatic carbocycles. The number of hydrogen-bond acceptors (Lipinski definition) is 2. The van der Waals surface area contributed by atoms with Gasteiger partial charge in [-0.3, -0.25) is 4.67 Å². The zero-order valence-corrected chi connectivity index (χ0v) is 26.0. The number of likely N-dealkylation sites (N-methyl/N-ethyl adjacent to an activating group) is 1. The highest BCUT2D eigenvalue weighted by atomic mass is 31.1. The van der Waals surface area contributed by atoms with Crippen LogP contribution in [0.1, 0.15) is 23.3 Å². The summed E-state index contributed by atoms with van der Waals surface area (Å²) in [5, 5.41) is 5.03. The van der Waals surface area contributed by atoms with E-state index in [4.69, 9.17) is 4.52 Å². The molecule has 0 bridgehead atoms. The fraction of sp³-hybridized carbons (Fsp3) is 0.0769. The Labute approximate surface area is 258 Å². The van der Waals surface area contributed by atoms with Crippen molar-refractivity contribution in [3.63, 3.8) is 0 Å². The molecule has 0 heterocycles. The van der Waals surface area contributed by atoms with Crippen LogP contribution in [0.4, 0.5) is 0 Å². The van der Waals surface area contributed by atoms with E-state index in [1.807, 2.05) is 0 Å². The zero-order valence-electron chi connectivity index (χ0n) is 24.2. The number of nitrogens with zero attached hydrogens (tertiary/aromatic N) is 1. The molecule has 0 aliphatic rings. The molecular formula is C39H35NOP2. The highest BCUT2D eigenvalue weighted by Crippen LogP contribution is 2.52. The molecule has 43 heavy (non-hydrogen) atoms. The summed E-state index contributed by atoms with van der Waals surface area (Å²) >= 11 is 0. The largest absolute Gasteiger partial charge is 0.340 e. The van der Waals surface area contributed by atoms with Gasteiger partial charge >= 0.3 is 0 Å². The minimum Gasteiger partial charge on any atom is -0.340 e. The third-order valence-corrected chi connectivity index (χ3v) is 11.9. The van der Waals surface area contributed by atoms with Crippen molar-refractivity contribution in [2.75, 3.05) is 7.05 Å². The van der Waals surface area contributed by atoms with Gasteiger partial charge in [-0.1, -0.05) is 182 Å². The normalized spacial score (nSPS) is 12.8. The first-order chi connectivity index (χ1) is 21.3. The highest BCUT2D eigenvalue weighted by Gasteiger charge is 2.36. The standard InChI is InChI=1S/C39H35NOP2/c1-40(42(34-24-12-4-13-25-34)35-26-14-5-15-27-35)38(32-20-8-2-9-21-32)39(33-22-10-3-11-23-33)41-43(36-28-16-6-17-29-36)37-30-18-7-19-31-37/h2-31,38-39H,1H3. The summed E-state index contributed by atoms with van der Waals surface area (Å²) in [5.74, 6) is 0. The Bertz CT molecular complexity index is 1570. The maximum absolute atomic E-state index is 7.50. The molecular weight excluding hydrogens is 560 g/mol. The van der Waals surface area contributed by atoms with Crippen molar-refractivity contribution in [2.45, 2.75) is 12.1 Å². The van der Waals surface area contributed by atoms with Crippen LogP contribution in [0, 0.1) is 0 Å². The lowest BCUT2D eigenvalue weighted by Gasteiger charge is -2.41. The predicted octanol–water partition coefficient (Wildman–Crippen LogP) is 8.51. The first-order valence-electron chi connectivity index (χ1n) is 14.6. The monoisotopic (exact) mass is 595 g/mol. The SMILES string of the molecule is CN(C(c1ccccc1)C(OP(c1ccccc1)c1ccccc1)c1ccccc1)P(c1ccccc1)c1ccccc1. The van der Waals surface area contributed by atoms with Crippen molar-refractivity contribution < 1.29 is 4.52 Å². The van der Waals surface area contributed by atoms with Crippen molar-refractivity contribution in [1.29, 1.82) is 0 Å². The van der Waals surface area contributed by atoms with Gasteiger partial charge in [-0.15, -0.1) is 0 Å². The average molecular weight is 596 g/mol. The summed E-state index contributed by atoms with van der Waals surface area (Å²) in [4.78, 5) is 0. The third-order valence-electron chi connectivity index (χ3n) is 7.48. The molecule has 0 aromatic heterocycles. The van der Waals surface area contributed by atoms with E-state index in [9.17, 15) is 0 Å². The van der Waals surface area contributed by atoms with Crippen molar-refractivity contribution >= 4 is 37.4 Å². The Morgan fingerprint density at radius 1 is 0.419 bits per heavy atom. The molecule has 212 valence electrons. The molecule has 0 radical (unpaired) electrons. The molecule has 0 aliphatic carbocycles. The van der Waals surface area contributed by atoms with Gasteiger partial charge in [0.05, 0.1) is 14.2 Å². The number of hydrogen-bond donors (Lipinski definition) is 0. The van der Waals surface area contributed by atoms with Gasteiger partial charge in [0.2, 0.25) is 0 Å². The van der Waals surface area contributed by atoms with E-state index in [1.165, 1.54) is 32.3 Å². The maximum atomic E-state index is 7.50. The van der Waals surface area contributed by atoms with Crippen molar-refractivity contribution in [3.8, 4) is 0 Å². The van der Waals surface area contributed by atoms with Gasteiger partial charge in [0.15, 0.2) is 0 Å². The first-order valence-corrected chi connectivity index (χ1v) is 17.1. The summed E-state index contributed by atoms with van der Waals surface area (Å²) in [6.45, 7) is 0. The van der Waals surface area contributed by atoms with Gasteiger partial charge in [0.1, 0.15) is 6.10 Å². The smallest absolute Gasteiger partial charge is 0.108 e. The minimum atomic E-state index is -1.11. The molecule has 0 fully saturated rings. The number of rotatable bonds is 11. The Balaban J connectivity index is 1.52. The van der Waals surface area contributed by atoms with E-state index in [0.29, 0.717) is 0 Å². The van der Waals surface area contributed by atoms with Crippen LogP contribution in [0.5, 0.6) is 0 Å². The topological polar surface area (TPSA) is 12.5 Å². The second kappa shape index (κ2) is 14.5. The second-order valence-corrected chi connectivity index (χ2v) is 14.4. The van der Waals surface area contributed by atoms with Gasteiger partial charge in [-0.05, 0) is 28.8 Å². The molecule has 0 amide bonds. The van der Waals surface area contributed by atoms with Gasteiger partial charge in [0.25, 0.3) is 0 Å². The molecule has 2 unspecified atom stereocenters. The average Bonchev–Trinajstić information content (AvgIpc) is 3.09. The van der Waals surface area contributed by atoms with Crippen molar-refractivity contribution in [1.82, 2.24) is 4.67 Å². The first kappa shape index (κ1) is 29.2. The van der Waals surface area contributed by atoms with Crippen LogP contribution in [0.2, 0.25) is 0 Å². The molecule has 0 saturated carbocycles. The Hall–Kier alpha value is -3.90. The highest BCUT2D eigenvalue weighted by molar-refractivity contribution is 7.70. The zero-order chi connectivity index (χ0) is 29.3. The fourth-order valence-corrected chi connectivity index (χ4v) is 9.80. The molecule has 6 aromatic rings. The van der Waals surface area contributed by atoms with Crippen LogP contribution >= 0.6 is 16.2 Å². The molecule has 6 rings (SSSR count). The lowest BCUT2D eigenvalue weighted by molar-refractivity contribution is 0.144. The van der Waals surface area contributed by atoms with Crippen LogP contribution in [-0.4, -0.2) is 11.7 Å². The third kappa shape index (κ3) is 7.02. The molecule has 2 atom stereocenters. The lowest BCUT2D eigenvalue weighted by Crippen LogP contribution is -2.33. The van der Waals surface area contributed by atoms with E-state index in [2.05, 4.69) is 194 Å². The van der Waals surface area contributed by atoms with Crippen LogP contribution in [-0.2, 0) is 4.52 Å². The van der Waals surface area contributed by atoms with Crippen LogP contribution in [0.3, 0.4) is 0 Å². The van der Waals surface area contributed by atoms with Gasteiger partial charge < -0.3 is 4.52 Å². The van der Waals surface area contributed by atoms with E-state index in [-0.39, 0.29) is 12.1 Å². The van der Waals surface area contributed by atoms with Gasteiger partial charge in [-0.2, -0.15) is 0 Å². The second-order valence-electron chi connectivity index (χ2n) is 10.3. The Morgan fingerprint density at radius 3 is 1.14 bits per heavy atom.